The molecule has 2 rings (SSSR count). The lowest BCUT2D eigenvalue weighted by Gasteiger charge is -2.33. The third kappa shape index (κ3) is 2.78. The highest BCUT2D eigenvalue weighted by molar-refractivity contribution is 9.09. The molecule has 1 saturated heterocycles. The zero-order valence-electron chi connectivity index (χ0n) is 10.6. The summed E-state index contributed by atoms with van der Waals surface area (Å²) in [5.41, 5.74) is 0.972. The van der Waals surface area contributed by atoms with Crippen LogP contribution in [-0.2, 0) is 10.0 Å². The minimum atomic E-state index is -3.33. The van der Waals surface area contributed by atoms with Crippen LogP contribution in [0, 0.1) is 12.8 Å². The van der Waals surface area contributed by atoms with Gasteiger partial charge in [0.05, 0.1) is 4.90 Å². The van der Waals surface area contributed by atoms with Crippen molar-refractivity contribution in [2.24, 2.45) is 5.92 Å². The van der Waals surface area contributed by atoms with Gasteiger partial charge in [-0.2, -0.15) is 4.31 Å². The van der Waals surface area contributed by atoms with Crippen LogP contribution in [0.3, 0.4) is 0 Å². The fourth-order valence-corrected chi connectivity index (χ4v) is 4.25. The van der Waals surface area contributed by atoms with Crippen LogP contribution >= 0.6 is 15.9 Å². The second kappa shape index (κ2) is 5.31. The molecule has 1 aromatic rings. The van der Waals surface area contributed by atoms with Crippen molar-refractivity contribution in [3.8, 4) is 0 Å². The molecule has 1 fully saturated rings. The quantitative estimate of drug-likeness (QED) is 0.781. The van der Waals surface area contributed by atoms with Crippen LogP contribution in [0.5, 0.6) is 0 Å². The molecule has 1 aliphatic heterocycles. The summed E-state index contributed by atoms with van der Waals surface area (Å²) in [6, 6.07) is 7.11. The molecule has 2 unspecified atom stereocenters. The van der Waals surface area contributed by atoms with Crippen LogP contribution in [0.4, 0.5) is 0 Å². The fraction of sp³-hybridized carbons (Fsp3) is 0.538. The van der Waals surface area contributed by atoms with Gasteiger partial charge in [-0.25, -0.2) is 8.42 Å². The standard InChI is InChI=1S/C13H18BrNO2S/c1-10-4-3-5-12(8-10)18(16,17)15-7-6-13(14)11(2)9-15/h3-5,8,11,13H,6-7,9H2,1-2H3. The maximum atomic E-state index is 12.5. The lowest BCUT2D eigenvalue weighted by Crippen LogP contribution is -2.43. The average Bonchev–Trinajstić information content (AvgIpc) is 2.32. The number of aryl methyl sites for hydroxylation is 1. The number of halogens is 1. The molecule has 0 saturated carbocycles. The van der Waals surface area contributed by atoms with E-state index in [9.17, 15) is 8.42 Å². The molecular weight excluding hydrogens is 314 g/mol. The first-order valence-electron chi connectivity index (χ1n) is 6.12. The summed E-state index contributed by atoms with van der Waals surface area (Å²) >= 11 is 3.59. The van der Waals surface area contributed by atoms with Gasteiger partial charge in [0.25, 0.3) is 0 Å². The Hall–Kier alpha value is -0.390. The van der Waals surface area contributed by atoms with Crippen LogP contribution in [0.1, 0.15) is 18.9 Å². The zero-order chi connectivity index (χ0) is 13.3. The topological polar surface area (TPSA) is 37.4 Å². The largest absolute Gasteiger partial charge is 0.243 e. The number of nitrogens with zero attached hydrogens (tertiary/aromatic N) is 1. The van der Waals surface area contributed by atoms with Gasteiger partial charge in [-0.3, -0.25) is 0 Å². The monoisotopic (exact) mass is 331 g/mol. The molecule has 1 heterocycles. The third-order valence-corrected chi connectivity index (χ3v) is 6.61. The summed E-state index contributed by atoms with van der Waals surface area (Å²) < 4.78 is 26.6. The maximum Gasteiger partial charge on any atom is 0.243 e. The summed E-state index contributed by atoms with van der Waals surface area (Å²) in [6.45, 7) is 5.17. The molecule has 0 N–H and O–H groups in total. The highest BCUT2D eigenvalue weighted by atomic mass is 79.9. The van der Waals surface area contributed by atoms with Crippen molar-refractivity contribution in [1.29, 1.82) is 0 Å². The van der Waals surface area contributed by atoms with Gasteiger partial charge in [-0.05, 0) is 37.0 Å². The van der Waals surface area contributed by atoms with E-state index in [0.717, 1.165) is 12.0 Å². The van der Waals surface area contributed by atoms with Crippen LogP contribution in [0.2, 0.25) is 0 Å². The van der Waals surface area contributed by atoms with Gasteiger partial charge in [-0.1, -0.05) is 35.0 Å². The Kier molecular flexibility index (Phi) is 4.14. The SMILES string of the molecule is Cc1cccc(S(=O)(=O)N2CCC(Br)C(C)C2)c1. The van der Waals surface area contributed by atoms with Crippen LogP contribution < -0.4 is 0 Å². The number of rotatable bonds is 2. The molecule has 18 heavy (non-hydrogen) atoms. The molecule has 100 valence electrons. The number of piperidine rings is 1. The van der Waals surface area contributed by atoms with Gasteiger partial charge in [0.2, 0.25) is 10.0 Å². The minimum Gasteiger partial charge on any atom is -0.207 e. The lowest BCUT2D eigenvalue weighted by molar-refractivity contribution is 0.292. The molecule has 0 radical (unpaired) electrons. The number of hydrogen-bond donors (Lipinski definition) is 0. The summed E-state index contributed by atoms with van der Waals surface area (Å²) in [7, 11) is -3.33. The third-order valence-electron chi connectivity index (χ3n) is 3.39. The zero-order valence-corrected chi connectivity index (χ0v) is 13.0. The van der Waals surface area contributed by atoms with Gasteiger partial charge in [0.1, 0.15) is 0 Å². The first kappa shape index (κ1) is 14.0. The highest BCUT2D eigenvalue weighted by Crippen LogP contribution is 2.27. The number of sulfonamides is 1. The maximum absolute atomic E-state index is 12.5. The Labute approximate surface area is 117 Å². The van der Waals surface area contributed by atoms with E-state index in [1.807, 2.05) is 13.0 Å². The smallest absolute Gasteiger partial charge is 0.207 e. The molecule has 5 heteroatoms. The second-order valence-electron chi connectivity index (χ2n) is 4.96. The number of hydrogen-bond acceptors (Lipinski definition) is 2. The van der Waals surface area contributed by atoms with E-state index in [2.05, 4.69) is 22.9 Å². The van der Waals surface area contributed by atoms with Crippen molar-refractivity contribution in [1.82, 2.24) is 4.31 Å². The number of alkyl halides is 1. The van der Waals surface area contributed by atoms with Crippen LogP contribution in [0.25, 0.3) is 0 Å². The second-order valence-corrected chi connectivity index (χ2v) is 8.08. The van der Waals surface area contributed by atoms with Gasteiger partial charge in [-0.15, -0.1) is 0 Å². The van der Waals surface area contributed by atoms with E-state index in [1.165, 1.54) is 0 Å². The molecule has 0 aliphatic carbocycles. The Morgan fingerprint density at radius 3 is 2.72 bits per heavy atom. The van der Waals surface area contributed by atoms with Crippen molar-refractivity contribution in [2.45, 2.75) is 30.0 Å². The van der Waals surface area contributed by atoms with E-state index in [0.29, 0.717) is 28.7 Å². The lowest BCUT2D eigenvalue weighted by atomic mass is 10.0. The molecule has 3 nitrogen and oxygen atoms in total. The molecule has 1 aromatic carbocycles. The van der Waals surface area contributed by atoms with E-state index >= 15 is 0 Å². The van der Waals surface area contributed by atoms with E-state index in [4.69, 9.17) is 0 Å². The normalized spacial score (nSPS) is 26.2. The molecule has 0 spiro atoms. The van der Waals surface area contributed by atoms with E-state index in [-0.39, 0.29) is 0 Å². The van der Waals surface area contributed by atoms with Gasteiger partial charge in [0, 0.05) is 17.9 Å². The molecule has 2 atom stereocenters. The van der Waals surface area contributed by atoms with E-state index < -0.39 is 10.0 Å². The number of benzene rings is 1. The average molecular weight is 332 g/mol. The molecule has 0 amide bonds. The predicted octanol–water partition coefficient (Wildman–Crippen LogP) is 2.79. The summed E-state index contributed by atoms with van der Waals surface area (Å²) in [4.78, 5) is 0.823. The summed E-state index contributed by atoms with van der Waals surface area (Å²) in [6.07, 6.45) is 0.867. The Morgan fingerprint density at radius 1 is 1.39 bits per heavy atom. The van der Waals surface area contributed by atoms with E-state index in [1.54, 1.807) is 22.5 Å². The van der Waals surface area contributed by atoms with Crippen molar-refractivity contribution < 1.29 is 8.42 Å². The Balaban J connectivity index is 2.27. The minimum absolute atomic E-state index is 0.346. The van der Waals surface area contributed by atoms with Crippen molar-refractivity contribution >= 4 is 26.0 Å². The molecule has 0 bridgehead atoms. The predicted molar refractivity (Wildman–Crippen MR) is 76.4 cm³/mol. The van der Waals surface area contributed by atoms with Crippen LogP contribution in [-0.4, -0.2) is 30.6 Å². The molecular formula is C13H18BrNO2S. The van der Waals surface area contributed by atoms with Crippen molar-refractivity contribution in [3.63, 3.8) is 0 Å². The Bertz CT molecular complexity index is 530. The Morgan fingerprint density at radius 2 is 2.11 bits per heavy atom. The fourth-order valence-electron chi connectivity index (χ4n) is 2.22. The van der Waals surface area contributed by atoms with Crippen LogP contribution in [0.15, 0.2) is 29.2 Å². The van der Waals surface area contributed by atoms with Crippen molar-refractivity contribution in [2.75, 3.05) is 13.1 Å². The van der Waals surface area contributed by atoms with Gasteiger partial charge in [0.15, 0.2) is 0 Å². The molecule has 1 aliphatic rings. The first-order valence-corrected chi connectivity index (χ1v) is 8.47. The van der Waals surface area contributed by atoms with Crippen molar-refractivity contribution in [3.05, 3.63) is 29.8 Å². The summed E-state index contributed by atoms with van der Waals surface area (Å²) in [5.74, 6) is 0.346. The molecule has 0 aromatic heterocycles. The summed E-state index contributed by atoms with van der Waals surface area (Å²) in [5, 5.41) is 0. The highest BCUT2D eigenvalue weighted by Gasteiger charge is 2.32. The van der Waals surface area contributed by atoms with Gasteiger partial charge < -0.3 is 0 Å². The van der Waals surface area contributed by atoms with Gasteiger partial charge >= 0.3 is 0 Å². The first-order chi connectivity index (χ1) is 8.41.